The van der Waals surface area contributed by atoms with Crippen LogP contribution in [-0.4, -0.2) is 11.5 Å². The summed E-state index contributed by atoms with van der Waals surface area (Å²) in [4.78, 5) is 3.78. The average Bonchev–Trinajstić information content (AvgIpc) is 2.61. The molecule has 0 amide bonds. The van der Waals surface area contributed by atoms with Gasteiger partial charge < -0.3 is 5.73 Å². The zero-order valence-electron chi connectivity index (χ0n) is 15.9. The molecule has 2 nitrogen and oxygen atoms in total. The molecule has 0 bridgehead atoms. The Kier molecular flexibility index (Phi) is 27.2. The summed E-state index contributed by atoms with van der Waals surface area (Å²) in [6.45, 7) is 3.16. The second-order valence-electron chi connectivity index (χ2n) is 6.41. The molecule has 1 aromatic heterocycles. The summed E-state index contributed by atoms with van der Waals surface area (Å²) in [6, 6.07) is 5.72. The summed E-state index contributed by atoms with van der Waals surface area (Å²) in [5.74, 6) is 0. The van der Waals surface area contributed by atoms with E-state index in [4.69, 9.17) is 5.73 Å². The van der Waals surface area contributed by atoms with Gasteiger partial charge in [0.1, 0.15) is 0 Å². The summed E-state index contributed by atoms with van der Waals surface area (Å²) >= 11 is 0. The third-order valence-electron chi connectivity index (χ3n) is 4.12. The number of rotatable bonds is 14. The standard InChI is InChI=1S/C16H35N.C5H5N.W/c1-2-3-4-5-6-7-8-9-10-11-12-13-14-15-16-17;1-2-4-6-5-3-1;/h2-17H2,1H3;1-5H;. The van der Waals surface area contributed by atoms with Crippen molar-refractivity contribution in [1.29, 1.82) is 0 Å². The second kappa shape index (κ2) is 25.0. The number of unbranched alkanes of at least 4 members (excludes halogenated alkanes) is 13. The quantitative estimate of drug-likeness (QED) is 0.294. The molecule has 1 heterocycles. The Balaban J connectivity index is 0. The maximum absolute atomic E-state index is 5.47. The van der Waals surface area contributed by atoms with E-state index in [1.807, 2.05) is 18.2 Å². The number of hydrogen-bond donors (Lipinski definition) is 1. The van der Waals surface area contributed by atoms with Crippen LogP contribution in [-0.2, 0) is 21.1 Å². The summed E-state index contributed by atoms with van der Waals surface area (Å²) in [5, 5.41) is 0. The maximum Gasteiger partial charge on any atom is 0.0267 e. The van der Waals surface area contributed by atoms with Crippen LogP contribution in [0.25, 0.3) is 0 Å². The predicted octanol–water partition coefficient (Wildman–Crippen LogP) is 6.51. The minimum Gasteiger partial charge on any atom is -0.330 e. The monoisotopic (exact) mass is 504 g/mol. The Morgan fingerprint density at radius 3 is 1.21 bits per heavy atom. The molecule has 0 fully saturated rings. The van der Waals surface area contributed by atoms with Crippen molar-refractivity contribution in [3.8, 4) is 0 Å². The summed E-state index contributed by atoms with van der Waals surface area (Å²) in [6.07, 6.45) is 23.4. The van der Waals surface area contributed by atoms with Crippen molar-refractivity contribution in [1.82, 2.24) is 4.98 Å². The van der Waals surface area contributed by atoms with Gasteiger partial charge >= 0.3 is 0 Å². The van der Waals surface area contributed by atoms with Crippen LogP contribution < -0.4 is 5.73 Å². The maximum atomic E-state index is 5.47. The van der Waals surface area contributed by atoms with Crippen LogP contribution in [0.15, 0.2) is 30.6 Å². The molecular weight excluding hydrogens is 464 g/mol. The van der Waals surface area contributed by atoms with Gasteiger partial charge in [0.2, 0.25) is 0 Å². The molecule has 1 aromatic rings. The minimum absolute atomic E-state index is 0. The van der Waals surface area contributed by atoms with Crippen molar-refractivity contribution in [3.05, 3.63) is 30.6 Å². The largest absolute Gasteiger partial charge is 0.330 e. The first-order chi connectivity index (χ1) is 11.4. The molecule has 0 unspecified atom stereocenters. The van der Waals surface area contributed by atoms with Gasteiger partial charge in [0, 0.05) is 33.5 Å². The normalized spacial score (nSPS) is 9.75. The zero-order valence-corrected chi connectivity index (χ0v) is 18.9. The van der Waals surface area contributed by atoms with Crippen LogP contribution >= 0.6 is 0 Å². The van der Waals surface area contributed by atoms with Gasteiger partial charge in [-0.1, -0.05) is 96.5 Å². The van der Waals surface area contributed by atoms with Crippen LogP contribution in [0, 0.1) is 0 Å². The second-order valence-corrected chi connectivity index (χ2v) is 6.41. The fraction of sp³-hybridized carbons (Fsp3) is 0.762. The van der Waals surface area contributed by atoms with Crippen LogP contribution in [0.5, 0.6) is 0 Å². The Morgan fingerprint density at radius 2 is 0.958 bits per heavy atom. The van der Waals surface area contributed by atoms with Crippen molar-refractivity contribution in [2.45, 2.75) is 96.8 Å². The first kappa shape index (κ1) is 26.0. The van der Waals surface area contributed by atoms with Crippen molar-refractivity contribution < 1.29 is 21.1 Å². The minimum atomic E-state index is 0. The molecule has 0 aliphatic rings. The molecule has 0 aliphatic heterocycles. The van der Waals surface area contributed by atoms with Gasteiger partial charge in [0.05, 0.1) is 0 Å². The molecule has 140 valence electrons. The first-order valence-corrected chi connectivity index (χ1v) is 9.97. The molecule has 0 saturated heterocycles. The van der Waals surface area contributed by atoms with E-state index in [9.17, 15) is 0 Å². The van der Waals surface area contributed by atoms with Crippen LogP contribution in [0.3, 0.4) is 0 Å². The van der Waals surface area contributed by atoms with E-state index in [1.54, 1.807) is 12.4 Å². The van der Waals surface area contributed by atoms with E-state index in [0.717, 1.165) is 6.54 Å². The number of nitrogens with two attached hydrogens (primary N) is 1. The molecular formula is C21H40N2W. The molecule has 0 spiro atoms. The zero-order chi connectivity index (χ0) is 16.8. The van der Waals surface area contributed by atoms with E-state index < -0.39 is 0 Å². The van der Waals surface area contributed by atoms with Gasteiger partial charge in [-0.2, -0.15) is 0 Å². The van der Waals surface area contributed by atoms with Gasteiger partial charge in [-0.05, 0) is 25.1 Å². The Morgan fingerprint density at radius 1 is 0.583 bits per heavy atom. The van der Waals surface area contributed by atoms with Gasteiger partial charge in [0.15, 0.2) is 0 Å². The third-order valence-corrected chi connectivity index (χ3v) is 4.12. The molecule has 24 heavy (non-hydrogen) atoms. The fourth-order valence-electron chi connectivity index (χ4n) is 2.65. The Hall–Kier alpha value is -0.202. The molecule has 3 heteroatoms. The summed E-state index contributed by atoms with van der Waals surface area (Å²) < 4.78 is 0. The third kappa shape index (κ3) is 24.1. The summed E-state index contributed by atoms with van der Waals surface area (Å²) in [7, 11) is 0. The molecule has 1 rings (SSSR count). The number of hydrogen-bond acceptors (Lipinski definition) is 2. The van der Waals surface area contributed by atoms with E-state index in [-0.39, 0.29) is 21.1 Å². The molecule has 2 N–H and O–H groups in total. The van der Waals surface area contributed by atoms with Crippen molar-refractivity contribution >= 4 is 0 Å². The van der Waals surface area contributed by atoms with Crippen LogP contribution in [0.2, 0.25) is 0 Å². The molecule has 0 saturated carbocycles. The smallest absolute Gasteiger partial charge is 0.0267 e. The van der Waals surface area contributed by atoms with Crippen molar-refractivity contribution in [3.63, 3.8) is 0 Å². The van der Waals surface area contributed by atoms with Crippen molar-refractivity contribution in [2.75, 3.05) is 6.54 Å². The topological polar surface area (TPSA) is 38.9 Å². The number of nitrogens with zero attached hydrogens (tertiary/aromatic N) is 1. The van der Waals surface area contributed by atoms with E-state index in [1.165, 1.54) is 89.9 Å². The fourth-order valence-corrected chi connectivity index (χ4v) is 2.65. The number of aromatic nitrogens is 1. The van der Waals surface area contributed by atoms with E-state index >= 15 is 0 Å². The molecule has 0 aromatic carbocycles. The average molecular weight is 504 g/mol. The number of pyridine rings is 1. The van der Waals surface area contributed by atoms with Gasteiger partial charge in [-0.15, -0.1) is 0 Å². The van der Waals surface area contributed by atoms with Gasteiger partial charge in [0.25, 0.3) is 0 Å². The van der Waals surface area contributed by atoms with E-state index in [2.05, 4.69) is 11.9 Å². The Bertz CT molecular complexity index is 252. The van der Waals surface area contributed by atoms with E-state index in [0.29, 0.717) is 0 Å². The summed E-state index contributed by atoms with van der Waals surface area (Å²) in [5.41, 5.74) is 5.47. The van der Waals surface area contributed by atoms with Crippen LogP contribution in [0.1, 0.15) is 96.8 Å². The first-order valence-electron chi connectivity index (χ1n) is 9.97. The molecule has 0 atom stereocenters. The molecule has 0 aliphatic carbocycles. The Labute approximate surface area is 165 Å². The molecule has 0 radical (unpaired) electrons. The van der Waals surface area contributed by atoms with Crippen molar-refractivity contribution in [2.24, 2.45) is 5.73 Å². The van der Waals surface area contributed by atoms with Gasteiger partial charge in [-0.3, -0.25) is 4.98 Å². The van der Waals surface area contributed by atoms with Crippen LogP contribution in [0.4, 0.5) is 0 Å². The van der Waals surface area contributed by atoms with Gasteiger partial charge in [-0.25, -0.2) is 0 Å². The predicted molar refractivity (Wildman–Crippen MR) is 104 cm³/mol. The SMILES string of the molecule is CCCCCCCCCCCCCCCCN.[W].c1ccncc1.